The maximum atomic E-state index is 12.0. The van der Waals surface area contributed by atoms with Crippen molar-refractivity contribution in [3.8, 4) is 0 Å². The molecule has 2 saturated heterocycles. The van der Waals surface area contributed by atoms with Crippen LogP contribution in [0.25, 0.3) is 0 Å². The summed E-state index contributed by atoms with van der Waals surface area (Å²) in [5.41, 5.74) is 0. The minimum absolute atomic E-state index is 0.389. The summed E-state index contributed by atoms with van der Waals surface area (Å²) in [5, 5.41) is 0. The van der Waals surface area contributed by atoms with Gasteiger partial charge >= 0.3 is 0 Å². The van der Waals surface area contributed by atoms with Gasteiger partial charge in [-0.25, -0.2) is 0 Å². The first-order valence-electron chi connectivity index (χ1n) is 7.76. The van der Waals surface area contributed by atoms with Crippen molar-refractivity contribution in [3.63, 3.8) is 0 Å². The molecule has 0 bridgehead atoms. The molecule has 104 valence electrons. The molecule has 0 unspecified atom stereocenters. The predicted octanol–water partition coefficient (Wildman–Crippen LogP) is 2.51. The van der Waals surface area contributed by atoms with Crippen LogP contribution in [0.15, 0.2) is 0 Å². The normalized spacial score (nSPS) is 23.3. The van der Waals surface area contributed by atoms with Crippen LogP contribution < -0.4 is 0 Å². The molecular formula is C15H28N2O. The van der Waals surface area contributed by atoms with Crippen LogP contribution in [0.4, 0.5) is 0 Å². The summed E-state index contributed by atoms with van der Waals surface area (Å²) in [7, 11) is 0. The molecule has 0 aromatic heterocycles. The van der Waals surface area contributed by atoms with Crippen molar-refractivity contribution in [3.05, 3.63) is 0 Å². The molecule has 18 heavy (non-hydrogen) atoms. The van der Waals surface area contributed by atoms with Crippen molar-refractivity contribution in [2.75, 3.05) is 32.7 Å². The molecule has 0 aromatic rings. The standard InChI is InChI=1S/C15H28N2O/c1-14-7-12-16(13-8-14)9-5-6-15(18)17-10-3-2-4-11-17/h14H,2-13H2,1H3. The van der Waals surface area contributed by atoms with E-state index in [2.05, 4.69) is 16.7 Å². The van der Waals surface area contributed by atoms with E-state index in [9.17, 15) is 4.79 Å². The third-order valence-electron chi connectivity index (χ3n) is 4.45. The van der Waals surface area contributed by atoms with Crippen LogP contribution in [0.2, 0.25) is 0 Å². The van der Waals surface area contributed by atoms with Crippen molar-refractivity contribution in [2.45, 2.75) is 51.9 Å². The average molecular weight is 252 g/mol. The molecule has 2 aliphatic heterocycles. The molecule has 0 spiro atoms. The number of likely N-dealkylation sites (tertiary alicyclic amines) is 2. The highest BCUT2D eigenvalue weighted by Crippen LogP contribution is 2.16. The second-order valence-electron chi connectivity index (χ2n) is 6.07. The van der Waals surface area contributed by atoms with Gasteiger partial charge < -0.3 is 9.80 Å². The molecule has 0 saturated carbocycles. The molecule has 0 aliphatic carbocycles. The lowest BCUT2D eigenvalue weighted by atomic mass is 9.99. The van der Waals surface area contributed by atoms with Crippen LogP contribution in [-0.4, -0.2) is 48.4 Å². The monoisotopic (exact) mass is 252 g/mol. The van der Waals surface area contributed by atoms with Crippen LogP contribution in [0, 0.1) is 5.92 Å². The maximum Gasteiger partial charge on any atom is 0.222 e. The minimum atomic E-state index is 0.389. The number of carbonyl (C=O) groups excluding carboxylic acids is 1. The topological polar surface area (TPSA) is 23.6 Å². The Kier molecular flexibility index (Phi) is 5.48. The predicted molar refractivity (Wildman–Crippen MR) is 74.5 cm³/mol. The Bertz CT molecular complexity index is 253. The van der Waals surface area contributed by atoms with Crippen LogP contribution in [-0.2, 0) is 4.79 Å². The number of hydrogen-bond donors (Lipinski definition) is 0. The number of hydrogen-bond acceptors (Lipinski definition) is 2. The molecule has 3 heteroatoms. The maximum absolute atomic E-state index is 12.0. The van der Waals surface area contributed by atoms with Gasteiger partial charge in [-0.15, -0.1) is 0 Å². The smallest absolute Gasteiger partial charge is 0.222 e. The first-order chi connectivity index (χ1) is 8.75. The van der Waals surface area contributed by atoms with E-state index < -0.39 is 0 Å². The van der Waals surface area contributed by atoms with Gasteiger partial charge in [-0.2, -0.15) is 0 Å². The fourth-order valence-corrected chi connectivity index (χ4v) is 3.04. The largest absolute Gasteiger partial charge is 0.343 e. The highest BCUT2D eigenvalue weighted by molar-refractivity contribution is 5.76. The van der Waals surface area contributed by atoms with Gasteiger partial charge in [0.05, 0.1) is 0 Å². The molecular weight excluding hydrogens is 224 g/mol. The SMILES string of the molecule is CC1CCN(CCCC(=O)N2CCCCC2)CC1. The molecule has 3 nitrogen and oxygen atoms in total. The Morgan fingerprint density at radius 1 is 1.06 bits per heavy atom. The lowest BCUT2D eigenvalue weighted by Gasteiger charge is -2.30. The number of amides is 1. The van der Waals surface area contributed by atoms with E-state index in [4.69, 9.17) is 0 Å². The van der Waals surface area contributed by atoms with E-state index in [0.717, 1.165) is 38.4 Å². The summed E-state index contributed by atoms with van der Waals surface area (Å²) < 4.78 is 0. The van der Waals surface area contributed by atoms with Gasteiger partial charge in [-0.3, -0.25) is 4.79 Å². The molecule has 2 rings (SSSR count). The van der Waals surface area contributed by atoms with Crippen molar-refractivity contribution in [1.82, 2.24) is 9.80 Å². The molecule has 2 fully saturated rings. The molecule has 0 aromatic carbocycles. The van der Waals surface area contributed by atoms with Gasteiger partial charge in [0.1, 0.15) is 0 Å². The molecule has 0 atom stereocenters. The van der Waals surface area contributed by atoms with Crippen LogP contribution >= 0.6 is 0 Å². The highest BCUT2D eigenvalue weighted by atomic mass is 16.2. The number of carbonyl (C=O) groups is 1. The van der Waals surface area contributed by atoms with Crippen LogP contribution in [0.5, 0.6) is 0 Å². The zero-order chi connectivity index (χ0) is 12.8. The van der Waals surface area contributed by atoms with Gasteiger partial charge in [-0.1, -0.05) is 6.92 Å². The molecule has 2 aliphatic rings. The van der Waals surface area contributed by atoms with Gasteiger partial charge in [0.25, 0.3) is 0 Å². The van der Waals surface area contributed by atoms with Crippen molar-refractivity contribution in [2.24, 2.45) is 5.92 Å². The molecule has 2 heterocycles. The number of nitrogens with zero attached hydrogens (tertiary/aromatic N) is 2. The molecule has 0 radical (unpaired) electrons. The fourth-order valence-electron chi connectivity index (χ4n) is 3.04. The summed E-state index contributed by atoms with van der Waals surface area (Å²) in [6, 6.07) is 0. The van der Waals surface area contributed by atoms with E-state index in [1.807, 2.05) is 0 Å². The highest BCUT2D eigenvalue weighted by Gasteiger charge is 2.18. The quantitative estimate of drug-likeness (QED) is 0.767. The Labute approximate surface area is 112 Å². The zero-order valence-corrected chi connectivity index (χ0v) is 11.9. The second kappa shape index (κ2) is 7.13. The molecule has 1 amide bonds. The fraction of sp³-hybridized carbons (Fsp3) is 0.933. The minimum Gasteiger partial charge on any atom is -0.343 e. The number of piperidine rings is 2. The van der Waals surface area contributed by atoms with E-state index in [1.54, 1.807) is 0 Å². The zero-order valence-electron chi connectivity index (χ0n) is 11.9. The Balaban J connectivity index is 1.58. The van der Waals surface area contributed by atoms with E-state index in [0.29, 0.717) is 5.91 Å². The second-order valence-corrected chi connectivity index (χ2v) is 6.07. The van der Waals surface area contributed by atoms with Gasteiger partial charge in [0.15, 0.2) is 0 Å². The van der Waals surface area contributed by atoms with Crippen molar-refractivity contribution < 1.29 is 4.79 Å². The van der Waals surface area contributed by atoms with Gasteiger partial charge in [0.2, 0.25) is 5.91 Å². The van der Waals surface area contributed by atoms with E-state index in [1.165, 1.54) is 45.2 Å². The first-order valence-corrected chi connectivity index (χ1v) is 7.76. The van der Waals surface area contributed by atoms with Crippen LogP contribution in [0.1, 0.15) is 51.9 Å². The van der Waals surface area contributed by atoms with Gasteiger partial charge in [-0.05, 0) is 64.1 Å². The van der Waals surface area contributed by atoms with Crippen LogP contribution in [0.3, 0.4) is 0 Å². The third kappa shape index (κ3) is 4.27. The lowest BCUT2D eigenvalue weighted by Crippen LogP contribution is -2.37. The van der Waals surface area contributed by atoms with Crippen molar-refractivity contribution in [1.29, 1.82) is 0 Å². The van der Waals surface area contributed by atoms with Gasteiger partial charge in [0, 0.05) is 19.5 Å². The molecule has 0 N–H and O–H groups in total. The van der Waals surface area contributed by atoms with E-state index in [-0.39, 0.29) is 0 Å². The Morgan fingerprint density at radius 2 is 1.72 bits per heavy atom. The summed E-state index contributed by atoms with van der Waals surface area (Å²) in [5.74, 6) is 1.29. The lowest BCUT2D eigenvalue weighted by molar-refractivity contribution is -0.132. The Hall–Kier alpha value is -0.570. The number of rotatable bonds is 4. The van der Waals surface area contributed by atoms with Crippen molar-refractivity contribution >= 4 is 5.91 Å². The van der Waals surface area contributed by atoms with E-state index >= 15 is 0 Å². The summed E-state index contributed by atoms with van der Waals surface area (Å²) in [6.07, 6.45) is 8.18. The average Bonchev–Trinajstić information content (AvgIpc) is 2.42. The summed E-state index contributed by atoms with van der Waals surface area (Å²) in [4.78, 5) is 16.6. The Morgan fingerprint density at radius 3 is 2.39 bits per heavy atom. The summed E-state index contributed by atoms with van der Waals surface area (Å²) in [6.45, 7) is 7.93. The summed E-state index contributed by atoms with van der Waals surface area (Å²) >= 11 is 0. The first kappa shape index (κ1) is 13.9. The third-order valence-corrected chi connectivity index (χ3v) is 4.45.